The lowest BCUT2D eigenvalue weighted by Gasteiger charge is -2.25. The van der Waals surface area contributed by atoms with E-state index < -0.39 is 6.09 Å². The van der Waals surface area contributed by atoms with Crippen molar-refractivity contribution < 1.29 is 9.90 Å². The number of nitrogens with zero attached hydrogens (tertiary/aromatic N) is 2. The van der Waals surface area contributed by atoms with Gasteiger partial charge in [0.2, 0.25) is 0 Å². The maximum absolute atomic E-state index is 11.9. The van der Waals surface area contributed by atoms with Crippen molar-refractivity contribution in [2.75, 3.05) is 31.6 Å². The average Bonchev–Trinajstić information content (AvgIpc) is 2.98. The van der Waals surface area contributed by atoms with E-state index in [0.717, 1.165) is 36.3 Å². The lowest BCUT2D eigenvalue weighted by molar-refractivity contribution is 0.200. The molecule has 4 nitrogen and oxygen atoms in total. The van der Waals surface area contributed by atoms with Gasteiger partial charge in [0, 0.05) is 18.7 Å². The van der Waals surface area contributed by atoms with E-state index >= 15 is 0 Å². The second kappa shape index (κ2) is 6.84. The lowest BCUT2D eigenvalue weighted by atomic mass is 10.0. The van der Waals surface area contributed by atoms with Crippen LogP contribution in [0.1, 0.15) is 6.42 Å². The number of hydrogen-bond acceptors (Lipinski definition) is 2. The number of para-hydroxylation sites is 1. The third kappa shape index (κ3) is 3.54. The number of benzene rings is 2. The molecule has 1 N–H and O–H groups in total. The van der Waals surface area contributed by atoms with Gasteiger partial charge in [0.1, 0.15) is 0 Å². The fourth-order valence-corrected chi connectivity index (χ4v) is 3.28. The van der Waals surface area contributed by atoms with Crippen molar-refractivity contribution in [1.82, 2.24) is 4.90 Å². The van der Waals surface area contributed by atoms with E-state index in [4.69, 9.17) is 0 Å². The predicted octanol–water partition coefficient (Wildman–Crippen LogP) is 3.79. The van der Waals surface area contributed by atoms with Gasteiger partial charge in [-0.25, -0.2) is 4.79 Å². The first-order valence-corrected chi connectivity index (χ1v) is 7.98. The van der Waals surface area contributed by atoms with Crippen molar-refractivity contribution in [2.45, 2.75) is 6.42 Å². The van der Waals surface area contributed by atoms with Crippen LogP contribution in [0.2, 0.25) is 0 Å². The molecular formula is C19H22N2O2. The Bertz CT molecular complexity index is 672. The molecule has 1 amide bonds. The van der Waals surface area contributed by atoms with E-state index in [2.05, 4.69) is 11.9 Å². The van der Waals surface area contributed by atoms with Crippen LogP contribution in [0.15, 0.2) is 54.6 Å². The largest absolute Gasteiger partial charge is 0.465 e. The molecule has 1 atom stereocenters. The third-order valence-electron chi connectivity index (χ3n) is 4.44. The molecule has 23 heavy (non-hydrogen) atoms. The Balaban J connectivity index is 1.92. The van der Waals surface area contributed by atoms with Gasteiger partial charge in [-0.15, -0.1) is 0 Å². The molecule has 0 aromatic heterocycles. The van der Waals surface area contributed by atoms with Crippen molar-refractivity contribution in [1.29, 1.82) is 0 Å². The fourth-order valence-electron chi connectivity index (χ4n) is 3.28. The molecule has 1 aliphatic rings. The molecule has 2 aromatic rings. The molecular weight excluding hydrogens is 288 g/mol. The minimum Gasteiger partial charge on any atom is -0.465 e. The van der Waals surface area contributed by atoms with Crippen LogP contribution in [0.25, 0.3) is 11.1 Å². The van der Waals surface area contributed by atoms with Crippen LogP contribution in [0.4, 0.5) is 10.5 Å². The van der Waals surface area contributed by atoms with E-state index in [-0.39, 0.29) is 0 Å². The number of likely N-dealkylation sites (tertiary alicyclic amines) is 1. The number of anilines is 1. The van der Waals surface area contributed by atoms with Gasteiger partial charge < -0.3 is 10.0 Å². The summed E-state index contributed by atoms with van der Waals surface area (Å²) in [6, 6.07) is 17.7. The molecule has 1 heterocycles. The molecule has 0 radical (unpaired) electrons. The molecule has 0 aliphatic carbocycles. The summed E-state index contributed by atoms with van der Waals surface area (Å²) in [6.07, 6.45) is 0.163. The Morgan fingerprint density at radius 2 is 1.87 bits per heavy atom. The first kappa shape index (κ1) is 15.6. The number of amides is 1. The Hall–Kier alpha value is -2.33. The second-order valence-corrected chi connectivity index (χ2v) is 6.19. The zero-order chi connectivity index (χ0) is 16.2. The highest BCUT2D eigenvalue weighted by Crippen LogP contribution is 2.32. The SMILES string of the molecule is CN1CC[C@@H](CN(C(=O)O)c2ccccc2-c2ccccc2)C1. The number of rotatable bonds is 4. The van der Waals surface area contributed by atoms with Crippen LogP contribution < -0.4 is 4.90 Å². The molecule has 1 fully saturated rings. The molecule has 0 spiro atoms. The summed E-state index contributed by atoms with van der Waals surface area (Å²) in [5.41, 5.74) is 2.76. The van der Waals surface area contributed by atoms with E-state index in [1.54, 1.807) is 0 Å². The van der Waals surface area contributed by atoms with E-state index in [9.17, 15) is 9.90 Å². The van der Waals surface area contributed by atoms with Crippen LogP contribution in [0.5, 0.6) is 0 Å². The fraction of sp³-hybridized carbons (Fsp3) is 0.316. The van der Waals surface area contributed by atoms with Crippen LogP contribution in [0, 0.1) is 5.92 Å². The molecule has 0 bridgehead atoms. The summed E-state index contributed by atoms with van der Waals surface area (Å²) < 4.78 is 0. The highest BCUT2D eigenvalue weighted by atomic mass is 16.4. The van der Waals surface area contributed by atoms with Gasteiger partial charge >= 0.3 is 6.09 Å². The van der Waals surface area contributed by atoms with Gasteiger partial charge in [-0.2, -0.15) is 0 Å². The zero-order valence-corrected chi connectivity index (χ0v) is 13.4. The summed E-state index contributed by atoms with van der Waals surface area (Å²) >= 11 is 0. The van der Waals surface area contributed by atoms with Crippen LogP contribution >= 0.6 is 0 Å². The summed E-state index contributed by atoms with van der Waals surface area (Å²) in [5.74, 6) is 0.389. The maximum atomic E-state index is 11.9. The highest BCUT2D eigenvalue weighted by Gasteiger charge is 2.26. The Kier molecular flexibility index (Phi) is 4.63. The quantitative estimate of drug-likeness (QED) is 0.934. The van der Waals surface area contributed by atoms with E-state index in [1.165, 1.54) is 4.90 Å². The van der Waals surface area contributed by atoms with Gasteiger partial charge in [0.05, 0.1) is 5.69 Å². The van der Waals surface area contributed by atoms with Gasteiger partial charge in [0.15, 0.2) is 0 Å². The zero-order valence-electron chi connectivity index (χ0n) is 13.4. The smallest absolute Gasteiger partial charge is 0.411 e. The van der Waals surface area contributed by atoms with E-state index in [0.29, 0.717) is 12.5 Å². The molecule has 3 rings (SSSR count). The summed E-state index contributed by atoms with van der Waals surface area (Å²) in [7, 11) is 2.09. The van der Waals surface area contributed by atoms with Crippen LogP contribution in [-0.2, 0) is 0 Å². The normalized spacial score (nSPS) is 18.0. The molecule has 1 aliphatic heterocycles. The molecule has 4 heteroatoms. The maximum Gasteiger partial charge on any atom is 0.411 e. The third-order valence-corrected chi connectivity index (χ3v) is 4.44. The van der Waals surface area contributed by atoms with Crippen molar-refractivity contribution in [3.8, 4) is 11.1 Å². The summed E-state index contributed by atoms with van der Waals surface area (Å²) in [4.78, 5) is 15.6. The molecule has 0 saturated carbocycles. The predicted molar refractivity (Wildman–Crippen MR) is 92.9 cm³/mol. The number of carbonyl (C=O) groups is 1. The van der Waals surface area contributed by atoms with Crippen molar-refractivity contribution in [2.24, 2.45) is 5.92 Å². The second-order valence-electron chi connectivity index (χ2n) is 6.19. The summed E-state index contributed by atoms with van der Waals surface area (Å²) in [6.45, 7) is 2.54. The standard InChI is InChI=1S/C19H22N2O2/c1-20-12-11-15(13-20)14-21(19(22)23)18-10-6-5-9-17(18)16-7-3-2-4-8-16/h2-10,15H,11-14H2,1H3,(H,22,23)/t15-/m1/s1. The highest BCUT2D eigenvalue weighted by molar-refractivity contribution is 5.92. The molecule has 120 valence electrons. The van der Waals surface area contributed by atoms with Gasteiger partial charge in [0.25, 0.3) is 0 Å². The molecule has 0 unspecified atom stereocenters. The topological polar surface area (TPSA) is 43.8 Å². The first-order valence-electron chi connectivity index (χ1n) is 7.98. The first-order chi connectivity index (χ1) is 11.1. The minimum atomic E-state index is -0.886. The van der Waals surface area contributed by atoms with Crippen molar-refractivity contribution >= 4 is 11.8 Å². The van der Waals surface area contributed by atoms with Gasteiger partial charge in [-0.3, -0.25) is 4.90 Å². The van der Waals surface area contributed by atoms with Crippen molar-refractivity contribution in [3.63, 3.8) is 0 Å². The Morgan fingerprint density at radius 1 is 1.17 bits per heavy atom. The Labute approximate surface area is 137 Å². The van der Waals surface area contributed by atoms with Gasteiger partial charge in [-0.1, -0.05) is 48.5 Å². The number of carboxylic acid groups (broad SMARTS) is 1. The van der Waals surface area contributed by atoms with Crippen LogP contribution in [-0.4, -0.2) is 42.8 Å². The Morgan fingerprint density at radius 3 is 2.52 bits per heavy atom. The summed E-state index contributed by atoms with van der Waals surface area (Å²) in [5, 5.41) is 9.74. The monoisotopic (exact) mass is 310 g/mol. The minimum absolute atomic E-state index is 0.389. The number of hydrogen-bond donors (Lipinski definition) is 1. The molecule has 2 aromatic carbocycles. The van der Waals surface area contributed by atoms with E-state index in [1.807, 2.05) is 54.6 Å². The molecule has 1 saturated heterocycles. The average molecular weight is 310 g/mol. The lowest BCUT2D eigenvalue weighted by Crippen LogP contribution is -2.35. The van der Waals surface area contributed by atoms with Crippen molar-refractivity contribution in [3.05, 3.63) is 54.6 Å². The van der Waals surface area contributed by atoms with Crippen LogP contribution in [0.3, 0.4) is 0 Å². The van der Waals surface area contributed by atoms with Gasteiger partial charge in [-0.05, 0) is 37.6 Å².